The molecule has 1 aliphatic heterocycles. The van der Waals surface area contributed by atoms with E-state index >= 15 is 0 Å². The van der Waals surface area contributed by atoms with Crippen LogP contribution in [0, 0.1) is 0 Å². The Morgan fingerprint density at radius 2 is 1.89 bits per heavy atom. The summed E-state index contributed by atoms with van der Waals surface area (Å²) in [5.41, 5.74) is 7.54. The lowest BCUT2D eigenvalue weighted by molar-refractivity contribution is 0.388. The molecule has 0 unspecified atom stereocenters. The molecule has 3 N–H and O–H groups in total. The Morgan fingerprint density at radius 3 is 2.47 bits per heavy atom. The SMILES string of the molecule is Nc1ccc(N2CCC(n3cn[nH]c3=O)CC2)cc1. The maximum atomic E-state index is 11.5. The fourth-order valence-electron chi connectivity index (χ4n) is 2.60. The summed E-state index contributed by atoms with van der Waals surface area (Å²) in [5, 5.41) is 6.23. The quantitative estimate of drug-likeness (QED) is 0.788. The van der Waals surface area contributed by atoms with Gasteiger partial charge >= 0.3 is 5.69 Å². The maximum absolute atomic E-state index is 11.5. The molecule has 0 aliphatic carbocycles. The Labute approximate surface area is 110 Å². The second kappa shape index (κ2) is 4.79. The molecule has 0 saturated carbocycles. The number of hydrogen-bond acceptors (Lipinski definition) is 4. The Morgan fingerprint density at radius 1 is 1.21 bits per heavy atom. The third kappa shape index (κ3) is 2.33. The minimum Gasteiger partial charge on any atom is -0.399 e. The predicted octanol–water partition coefficient (Wildman–Crippen LogP) is 0.995. The molecule has 1 fully saturated rings. The van der Waals surface area contributed by atoms with E-state index < -0.39 is 0 Å². The van der Waals surface area contributed by atoms with Crippen molar-refractivity contribution in [2.45, 2.75) is 18.9 Å². The molecule has 3 rings (SSSR count). The van der Waals surface area contributed by atoms with Gasteiger partial charge in [-0.3, -0.25) is 4.57 Å². The lowest BCUT2D eigenvalue weighted by Crippen LogP contribution is -2.36. The molecule has 2 aromatic rings. The topological polar surface area (TPSA) is 79.9 Å². The third-order valence-corrected chi connectivity index (χ3v) is 3.69. The summed E-state index contributed by atoms with van der Waals surface area (Å²) in [6.45, 7) is 1.87. The van der Waals surface area contributed by atoms with Crippen molar-refractivity contribution in [2.24, 2.45) is 0 Å². The number of benzene rings is 1. The molecule has 100 valence electrons. The lowest BCUT2D eigenvalue weighted by atomic mass is 10.0. The van der Waals surface area contributed by atoms with Crippen molar-refractivity contribution in [1.29, 1.82) is 0 Å². The van der Waals surface area contributed by atoms with Crippen molar-refractivity contribution >= 4 is 11.4 Å². The van der Waals surface area contributed by atoms with Gasteiger partial charge in [-0.05, 0) is 37.1 Å². The monoisotopic (exact) mass is 259 g/mol. The van der Waals surface area contributed by atoms with Crippen molar-refractivity contribution in [3.8, 4) is 0 Å². The van der Waals surface area contributed by atoms with Crippen molar-refractivity contribution < 1.29 is 0 Å². The summed E-state index contributed by atoms with van der Waals surface area (Å²) in [6.07, 6.45) is 3.49. The highest BCUT2D eigenvalue weighted by Gasteiger charge is 2.21. The van der Waals surface area contributed by atoms with E-state index in [1.807, 2.05) is 24.3 Å². The van der Waals surface area contributed by atoms with Gasteiger partial charge in [-0.2, -0.15) is 5.10 Å². The van der Waals surface area contributed by atoms with Crippen LogP contribution in [0.3, 0.4) is 0 Å². The van der Waals surface area contributed by atoms with E-state index in [1.165, 1.54) is 5.69 Å². The second-order valence-electron chi connectivity index (χ2n) is 4.88. The first-order chi connectivity index (χ1) is 9.24. The fourth-order valence-corrected chi connectivity index (χ4v) is 2.60. The highest BCUT2D eigenvalue weighted by Crippen LogP contribution is 2.25. The Balaban J connectivity index is 1.68. The number of aromatic nitrogens is 3. The molecule has 1 aromatic heterocycles. The van der Waals surface area contributed by atoms with Crippen molar-refractivity contribution in [3.05, 3.63) is 41.1 Å². The number of nitrogens with zero attached hydrogens (tertiary/aromatic N) is 3. The predicted molar refractivity (Wildman–Crippen MR) is 74.2 cm³/mol. The normalized spacial score (nSPS) is 16.7. The van der Waals surface area contributed by atoms with Crippen LogP contribution in [-0.2, 0) is 0 Å². The average Bonchev–Trinajstić information content (AvgIpc) is 2.86. The third-order valence-electron chi connectivity index (χ3n) is 3.69. The van der Waals surface area contributed by atoms with Gasteiger partial charge < -0.3 is 10.6 Å². The Bertz CT molecular complexity index is 592. The number of H-pyrrole nitrogens is 1. The van der Waals surface area contributed by atoms with Crippen LogP contribution in [0.4, 0.5) is 11.4 Å². The lowest BCUT2D eigenvalue weighted by Gasteiger charge is -2.33. The molecular formula is C13H17N5O. The molecule has 2 heterocycles. The molecule has 1 aromatic carbocycles. The van der Waals surface area contributed by atoms with E-state index in [1.54, 1.807) is 10.9 Å². The standard InChI is InChI=1S/C13H17N5O/c14-10-1-3-11(4-2-10)17-7-5-12(6-8-17)18-9-15-16-13(18)19/h1-4,9,12H,5-8,14H2,(H,16,19). The molecule has 6 nitrogen and oxygen atoms in total. The summed E-state index contributed by atoms with van der Waals surface area (Å²) < 4.78 is 1.69. The number of aromatic amines is 1. The molecule has 6 heteroatoms. The van der Waals surface area contributed by atoms with Gasteiger partial charge in [-0.25, -0.2) is 9.89 Å². The van der Waals surface area contributed by atoms with Crippen LogP contribution in [0.25, 0.3) is 0 Å². The van der Waals surface area contributed by atoms with Gasteiger partial charge in [0.25, 0.3) is 0 Å². The summed E-state index contributed by atoms with van der Waals surface area (Å²) >= 11 is 0. The number of piperidine rings is 1. The zero-order valence-electron chi connectivity index (χ0n) is 10.6. The summed E-state index contributed by atoms with van der Waals surface area (Å²) in [4.78, 5) is 13.8. The van der Waals surface area contributed by atoms with Crippen LogP contribution in [-0.4, -0.2) is 27.9 Å². The van der Waals surface area contributed by atoms with Crippen LogP contribution in [0.5, 0.6) is 0 Å². The van der Waals surface area contributed by atoms with E-state index in [2.05, 4.69) is 15.1 Å². The molecule has 0 bridgehead atoms. The zero-order chi connectivity index (χ0) is 13.2. The summed E-state index contributed by atoms with van der Waals surface area (Å²) in [5.74, 6) is 0. The van der Waals surface area contributed by atoms with E-state index in [0.29, 0.717) is 0 Å². The van der Waals surface area contributed by atoms with Gasteiger partial charge in [0, 0.05) is 30.5 Å². The van der Waals surface area contributed by atoms with Gasteiger partial charge in [0.2, 0.25) is 0 Å². The highest BCUT2D eigenvalue weighted by atomic mass is 16.1. The van der Waals surface area contributed by atoms with Crippen LogP contribution in [0.1, 0.15) is 18.9 Å². The van der Waals surface area contributed by atoms with Crippen LogP contribution < -0.4 is 16.3 Å². The molecule has 19 heavy (non-hydrogen) atoms. The van der Waals surface area contributed by atoms with Gasteiger partial charge in [-0.1, -0.05) is 0 Å². The minimum absolute atomic E-state index is 0.120. The number of hydrogen-bond donors (Lipinski definition) is 2. The number of nitrogens with one attached hydrogen (secondary N) is 1. The first-order valence-electron chi connectivity index (χ1n) is 6.46. The molecule has 0 spiro atoms. The minimum atomic E-state index is -0.120. The second-order valence-corrected chi connectivity index (χ2v) is 4.88. The van der Waals surface area contributed by atoms with Gasteiger partial charge in [0.15, 0.2) is 0 Å². The summed E-state index contributed by atoms with van der Waals surface area (Å²) in [7, 11) is 0. The molecule has 0 radical (unpaired) electrons. The molecule has 0 atom stereocenters. The van der Waals surface area contributed by atoms with Crippen LogP contribution in [0.15, 0.2) is 35.4 Å². The van der Waals surface area contributed by atoms with Crippen molar-refractivity contribution in [1.82, 2.24) is 14.8 Å². The molecule has 1 saturated heterocycles. The Hall–Kier alpha value is -2.24. The summed E-state index contributed by atoms with van der Waals surface area (Å²) in [6, 6.07) is 8.17. The Kier molecular flexibility index (Phi) is 2.98. The molecular weight excluding hydrogens is 242 g/mol. The largest absolute Gasteiger partial charge is 0.399 e. The number of nitrogen functional groups attached to an aromatic ring is 1. The average molecular weight is 259 g/mol. The van der Waals surface area contributed by atoms with Crippen molar-refractivity contribution in [3.63, 3.8) is 0 Å². The number of nitrogens with two attached hydrogens (primary N) is 1. The first-order valence-corrected chi connectivity index (χ1v) is 6.46. The fraction of sp³-hybridized carbons (Fsp3) is 0.385. The van der Waals surface area contributed by atoms with Crippen LogP contribution in [0.2, 0.25) is 0 Å². The van der Waals surface area contributed by atoms with E-state index in [9.17, 15) is 4.79 Å². The van der Waals surface area contributed by atoms with E-state index in [-0.39, 0.29) is 11.7 Å². The van der Waals surface area contributed by atoms with Gasteiger partial charge in [0.1, 0.15) is 6.33 Å². The first kappa shape index (κ1) is 11.8. The number of rotatable bonds is 2. The van der Waals surface area contributed by atoms with Crippen LogP contribution >= 0.6 is 0 Å². The van der Waals surface area contributed by atoms with Gasteiger partial charge in [-0.15, -0.1) is 0 Å². The highest BCUT2D eigenvalue weighted by molar-refractivity contribution is 5.53. The maximum Gasteiger partial charge on any atom is 0.343 e. The smallest absolute Gasteiger partial charge is 0.343 e. The van der Waals surface area contributed by atoms with E-state index in [0.717, 1.165) is 31.6 Å². The zero-order valence-corrected chi connectivity index (χ0v) is 10.6. The van der Waals surface area contributed by atoms with E-state index in [4.69, 9.17) is 5.73 Å². The molecule has 0 amide bonds. The van der Waals surface area contributed by atoms with Gasteiger partial charge in [0.05, 0.1) is 0 Å². The number of anilines is 2. The van der Waals surface area contributed by atoms with Crippen molar-refractivity contribution in [2.75, 3.05) is 23.7 Å². The molecule has 1 aliphatic rings.